The minimum atomic E-state index is -0.630. The highest BCUT2D eigenvalue weighted by Crippen LogP contribution is 2.25. The van der Waals surface area contributed by atoms with Gasteiger partial charge >= 0.3 is 0 Å². The predicted octanol–water partition coefficient (Wildman–Crippen LogP) is 5.84. The molecule has 0 radical (unpaired) electrons. The molecule has 2 saturated heterocycles. The van der Waals surface area contributed by atoms with E-state index in [0.29, 0.717) is 32.0 Å². The SMILES string of the molecule is O=C1N[C@@H](Cc2ccc3ccccc3c2)C(=O)N(Cc2ccc(-c3ccccc3)cc2)[C@H]1CN(Cc1cccnc1)CC1CCNCC1. The van der Waals surface area contributed by atoms with Crippen LogP contribution in [0.3, 0.4) is 0 Å². The van der Waals surface area contributed by atoms with E-state index in [9.17, 15) is 9.59 Å². The third-order valence-electron chi connectivity index (χ3n) is 9.78. The van der Waals surface area contributed by atoms with Crippen LogP contribution in [-0.4, -0.2) is 64.9 Å². The van der Waals surface area contributed by atoms with Gasteiger partial charge in [-0.15, -0.1) is 0 Å². The number of nitrogens with zero attached hydrogens (tertiary/aromatic N) is 3. The van der Waals surface area contributed by atoms with E-state index < -0.39 is 12.1 Å². The Hall–Kier alpha value is -4.85. The van der Waals surface area contributed by atoms with Crippen molar-refractivity contribution in [1.29, 1.82) is 0 Å². The van der Waals surface area contributed by atoms with Crippen molar-refractivity contribution < 1.29 is 9.59 Å². The molecule has 7 nitrogen and oxygen atoms in total. The monoisotopic (exact) mass is 637 g/mol. The quantitative estimate of drug-likeness (QED) is 0.190. The van der Waals surface area contributed by atoms with Crippen LogP contribution in [0, 0.1) is 5.92 Å². The molecule has 3 heterocycles. The van der Waals surface area contributed by atoms with Crippen LogP contribution in [-0.2, 0) is 29.1 Å². The number of carbonyl (C=O) groups excluding carboxylic acids is 2. The fraction of sp³-hybridized carbons (Fsp3) is 0.293. The molecule has 2 N–H and O–H groups in total. The van der Waals surface area contributed by atoms with Crippen LogP contribution in [0.5, 0.6) is 0 Å². The molecule has 7 heteroatoms. The number of benzene rings is 4. The molecule has 0 saturated carbocycles. The fourth-order valence-corrected chi connectivity index (χ4v) is 7.19. The van der Waals surface area contributed by atoms with Crippen LogP contribution in [0.15, 0.2) is 122 Å². The molecule has 2 atom stereocenters. The van der Waals surface area contributed by atoms with Crippen LogP contribution < -0.4 is 10.6 Å². The van der Waals surface area contributed by atoms with Crippen LogP contribution in [0.1, 0.15) is 29.5 Å². The second-order valence-electron chi connectivity index (χ2n) is 13.2. The highest BCUT2D eigenvalue weighted by Gasteiger charge is 2.41. The van der Waals surface area contributed by atoms with Gasteiger partial charge in [0.2, 0.25) is 11.8 Å². The number of rotatable bonds is 11. The Labute approximate surface area is 283 Å². The number of nitrogens with one attached hydrogen (secondary N) is 2. The lowest BCUT2D eigenvalue weighted by atomic mass is 9.95. The first-order valence-electron chi connectivity index (χ1n) is 17.1. The molecule has 1 aromatic heterocycles. The highest BCUT2D eigenvalue weighted by molar-refractivity contribution is 5.97. The Morgan fingerprint density at radius 3 is 2.23 bits per heavy atom. The number of piperazine rings is 1. The Balaban J connectivity index is 1.16. The molecule has 244 valence electrons. The summed E-state index contributed by atoms with van der Waals surface area (Å²) >= 11 is 0. The summed E-state index contributed by atoms with van der Waals surface area (Å²) in [6.45, 7) is 4.39. The molecule has 2 fully saturated rings. The molecule has 2 aliphatic rings. The average Bonchev–Trinajstić information content (AvgIpc) is 3.13. The summed E-state index contributed by atoms with van der Waals surface area (Å²) in [4.78, 5) is 37.1. The molecule has 0 spiro atoms. The second-order valence-corrected chi connectivity index (χ2v) is 13.2. The maximum Gasteiger partial charge on any atom is 0.246 e. The Bertz CT molecular complexity index is 1820. The molecule has 0 bridgehead atoms. The smallest absolute Gasteiger partial charge is 0.246 e. The number of aromatic nitrogens is 1. The summed E-state index contributed by atoms with van der Waals surface area (Å²) in [7, 11) is 0. The fourth-order valence-electron chi connectivity index (χ4n) is 7.19. The standard InChI is InChI=1S/C41H43N5O2/c47-40-39(29-45(26-31-18-21-42-22-19-31)27-33-7-6-20-43-25-33)46(28-30-12-15-36(16-13-30)34-8-2-1-3-9-34)41(48)38(44-40)24-32-14-17-35-10-4-5-11-37(35)23-32/h1-17,20,23,25,31,38-39,42H,18-19,21-22,24,26-29H2,(H,44,47)/t38-,39-/m0/s1. The molecule has 0 aliphatic carbocycles. The number of hydrogen-bond donors (Lipinski definition) is 2. The normalized spacial score (nSPS) is 18.7. The van der Waals surface area contributed by atoms with Gasteiger partial charge in [-0.2, -0.15) is 0 Å². The van der Waals surface area contributed by atoms with Crippen molar-refractivity contribution in [3.8, 4) is 11.1 Å². The number of carbonyl (C=O) groups is 2. The Morgan fingerprint density at radius 1 is 0.729 bits per heavy atom. The number of fused-ring (bicyclic) bond motifs is 1. The summed E-state index contributed by atoms with van der Waals surface area (Å²) in [5.74, 6) is 0.399. The number of piperidine rings is 1. The van der Waals surface area contributed by atoms with Gasteiger partial charge in [0, 0.05) is 45.0 Å². The van der Waals surface area contributed by atoms with Gasteiger partial charge in [-0.25, -0.2) is 0 Å². The van der Waals surface area contributed by atoms with Gasteiger partial charge in [-0.1, -0.05) is 103 Å². The van der Waals surface area contributed by atoms with Crippen molar-refractivity contribution in [3.05, 3.63) is 138 Å². The van der Waals surface area contributed by atoms with E-state index in [4.69, 9.17) is 0 Å². The van der Waals surface area contributed by atoms with Crippen LogP contribution in [0.25, 0.3) is 21.9 Å². The largest absolute Gasteiger partial charge is 0.342 e. The first-order valence-corrected chi connectivity index (χ1v) is 17.1. The van der Waals surface area contributed by atoms with Gasteiger partial charge in [0.25, 0.3) is 0 Å². The van der Waals surface area contributed by atoms with E-state index in [-0.39, 0.29) is 11.8 Å². The minimum absolute atomic E-state index is 0.0388. The highest BCUT2D eigenvalue weighted by atomic mass is 16.2. The van der Waals surface area contributed by atoms with Crippen molar-refractivity contribution in [3.63, 3.8) is 0 Å². The van der Waals surface area contributed by atoms with Gasteiger partial charge in [-0.05, 0) is 76.5 Å². The molecule has 7 rings (SSSR count). The molecule has 48 heavy (non-hydrogen) atoms. The molecule has 4 aromatic carbocycles. The average molecular weight is 638 g/mol. The van der Waals surface area contributed by atoms with E-state index in [2.05, 4.69) is 93.3 Å². The maximum atomic E-state index is 14.4. The lowest BCUT2D eigenvalue weighted by Gasteiger charge is -2.42. The summed E-state index contributed by atoms with van der Waals surface area (Å²) in [5, 5.41) is 8.90. The Kier molecular flexibility index (Phi) is 9.87. The topological polar surface area (TPSA) is 77.6 Å². The summed E-state index contributed by atoms with van der Waals surface area (Å²) in [5.41, 5.74) is 5.41. The van der Waals surface area contributed by atoms with Crippen LogP contribution in [0.4, 0.5) is 0 Å². The number of amides is 2. The van der Waals surface area contributed by atoms with Gasteiger partial charge in [0.1, 0.15) is 12.1 Å². The van der Waals surface area contributed by atoms with Crippen molar-refractivity contribution in [1.82, 2.24) is 25.4 Å². The van der Waals surface area contributed by atoms with Gasteiger partial charge in [0.15, 0.2) is 0 Å². The third kappa shape index (κ3) is 7.64. The number of pyridine rings is 1. The lowest BCUT2D eigenvalue weighted by molar-refractivity contribution is -0.151. The first-order chi connectivity index (χ1) is 23.6. The van der Waals surface area contributed by atoms with Gasteiger partial charge in [0.05, 0.1) is 0 Å². The number of hydrogen-bond acceptors (Lipinski definition) is 5. The van der Waals surface area contributed by atoms with Crippen molar-refractivity contribution >= 4 is 22.6 Å². The van der Waals surface area contributed by atoms with E-state index >= 15 is 0 Å². The lowest BCUT2D eigenvalue weighted by Crippen LogP contribution is -2.66. The maximum absolute atomic E-state index is 14.4. The van der Waals surface area contributed by atoms with Crippen LogP contribution >= 0.6 is 0 Å². The zero-order valence-electron chi connectivity index (χ0n) is 27.3. The van der Waals surface area contributed by atoms with Crippen LogP contribution in [0.2, 0.25) is 0 Å². The Morgan fingerprint density at radius 2 is 1.46 bits per heavy atom. The zero-order chi connectivity index (χ0) is 32.7. The molecule has 0 unspecified atom stereocenters. The summed E-state index contributed by atoms with van der Waals surface area (Å²) in [6.07, 6.45) is 6.33. The minimum Gasteiger partial charge on any atom is -0.342 e. The van der Waals surface area contributed by atoms with E-state index in [1.807, 2.05) is 47.5 Å². The molecule has 2 aliphatic heterocycles. The molecular formula is C41H43N5O2. The van der Waals surface area contributed by atoms with Crippen molar-refractivity contribution in [2.45, 2.75) is 44.4 Å². The van der Waals surface area contributed by atoms with Crippen molar-refractivity contribution in [2.75, 3.05) is 26.2 Å². The third-order valence-corrected chi connectivity index (χ3v) is 9.78. The van der Waals surface area contributed by atoms with Crippen molar-refractivity contribution in [2.24, 2.45) is 5.92 Å². The van der Waals surface area contributed by atoms with Gasteiger partial charge in [-0.3, -0.25) is 19.5 Å². The summed E-state index contributed by atoms with van der Waals surface area (Å²) in [6, 6.07) is 36.0. The second kappa shape index (κ2) is 14.9. The van der Waals surface area contributed by atoms with E-state index in [1.165, 1.54) is 0 Å². The van der Waals surface area contributed by atoms with Gasteiger partial charge < -0.3 is 15.5 Å². The predicted molar refractivity (Wildman–Crippen MR) is 191 cm³/mol. The zero-order valence-corrected chi connectivity index (χ0v) is 27.3. The molecular weight excluding hydrogens is 594 g/mol. The van der Waals surface area contributed by atoms with E-state index in [1.54, 1.807) is 6.20 Å². The molecule has 5 aromatic rings. The first kappa shape index (κ1) is 31.7. The molecule has 2 amide bonds. The van der Waals surface area contributed by atoms with E-state index in [0.717, 1.165) is 71.1 Å². The summed E-state index contributed by atoms with van der Waals surface area (Å²) < 4.78 is 0.